The Kier molecular flexibility index (Phi) is 5.67. The van der Waals surface area contributed by atoms with Gasteiger partial charge in [-0.2, -0.15) is 18.3 Å². The molecule has 1 saturated carbocycles. The van der Waals surface area contributed by atoms with Crippen LogP contribution in [0.25, 0.3) is 5.69 Å². The second kappa shape index (κ2) is 8.41. The van der Waals surface area contributed by atoms with Gasteiger partial charge in [-0.3, -0.25) is 4.79 Å². The molecule has 2 aromatic heterocycles. The Morgan fingerprint density at radius 1 is 1.23 bits per heavy atom. The minimum absolute atomic E-state index is 0.234. The summed E-state index contributed by atoms with van der Waals surface area (Å²) in [6, 6.07) is 8.40. The third-order valence-corrected chi connectivity index (χ3v) is 5.09. The van der Waals surface area contributed by atoms with E-state index in [0.717, 1.165) is 17.7 Å². The van der Waals surface area contributed by atoms with Crippen LogP contribution in [0.3, 0.4) is 0 Å². The fraction of sp³-hybridized carbons (Fsp3) is 0.318. The molecule has 1 amide bonds. The predicted octanol–water partition coefficient (Wildman–Crippen LogP) is 4.31. The Hall–Kier alpha value is -3.36. The van der Waals surface area contributed by atoms with Gasteiger partial charge in [-0.25, -0.2) is 9.67 Å². The average Bonchev–Trinajstić information content (AvgIpc) is 3.51. The van der Waals surface area contributed by atoms with E-state index in [4.69, 9.17) is 4.74 Å². The van der Waals surface area contributed by atoms with Gasteiger partial charge in [0.05, 0.1) is 35.3 Å². The molecule has 1 aliphatic rings. The first-order chi connectivity index (χ1) is 14.8. The van der Waals surface area contributed by atoms with Crippen molar-refractivity contribution < 1.29 is 22.7 Å². The SMILES string of the molecule is Cc1c(C(=O)NCc2ccc(OCC3CC3)nc2)cnn1-c1cccc(C(F)(F)F)c1. The number of amides is 1. The van der Waals surface area contributed by atoms with Crippen molar-refractivity contribution in [2.45, 2.75) is 32.5 Å². The first kappa shape index (κ1) is 20.9. The molecule has 1 N–H and O–H groups in total. The van der Waals surface area contributed by atoms with Crippen molar-refractivity contribution in [1.82, 2.24) is 20.1 Å². The fourth-order valence-electron chi connectivity index (χ4n) is 3.07. The number of carbonyl (C=O) groups excluding carboxylic acids is 1. The third-order valence-electron chi connectivity index (χ3n) is 5.09. The third kappa shape index (κ3) is 5.04. The summed E-state index contributed by atoms with van der Waals surface area (Å²) in [5, 5.41) is 6.88. The van der Waals surface area contributed by atoms with Gasteiger partial charge in [0.15, 0.2) is 0 Å². The maximum absolute atomic E-state index is 13.0. The quantitative estimate of drug-likeness (QED) is 0.606. The lowest BCUT2D eigenvalue weighted by atomic mass is 10.2. The Labute approximate surface area is 177 Å². The van der Waals surface area contributed by atoms with Crippen LogP contribution in [0.4, 0.5) is 13.2 Å². The fourth-order valence-corrected chi connectivity index (χ4v) is 3.07. The summed E-state index contributed by atoms with van der Waals surface area (Å²) in [4.78, 5) is 16.8. The van der Waals surface area contributed by atoms with Gasteiger partial charge in [0.25, 0.3) is 5.91 Å². The molecule has 9 heteroatoms. The molecule has 2 heterocycles. The highest BCUT2D eigenvalue weighted by Gasteiger charge is 2.30. The lowest BCUT2D eigenvalue weighted by Gasteiger charge is -2.10. The van der Waals surface area contributed by atoms with Crippen LogP contribution < -0.4 is 10.1 Å². The molecule has 1 aliphatic carbocycles. The second-order valence-electron chi connectivity index (χ2n) is 7.55. The summed E-state index contributed by atoms with van der Waals surface area (Å²) < 4.78 is 45.8. The Morgan fingerprint density at radius 2 is 2.03 bits per heavy atom. The number of rotatable bonds is 7. The summed E-state index contributed by atoms with van der Waals surface area (Å²) in [7, 11) is 0. The molecule has 1 aromatic carbocycles. The smallest absolute Gasteiger partial charge is 0.416 e. The average molecular weight is 430 g/mol. The van der Waals surface area contributed by atoms with Crippen molar-refractivity contribution in [2.75, 3.05) is 6.61 Å². The molecule has 0 bridgehead atoms. The molecule has 0 atom stereocenters. The van der Waals surface area contributed by atoms with Crippen LogP contribution in [-0.2, 0) is 12.7 Å². The predicted molar refractivity (Wildman–Crippen MR) is 107 cm³/mol. The number of nitrogens with zero attached hydrogens (tertiary/aromatic N) is 3. The van der Waals surface area contributed by atoms with Gasteiger partial charge < -0.3 is 10.1 Å². The van der Waals surface area contributed by atoms with Gasteiger partial charge in [0.1, 0.15) is 0 Å². The zero-order valence-electron chi connectivity index (χ0n) is 16.8. The number of aromatic nitrogens is 3. The topological polar surface area (TPSA) is 69.0 Å². The zero-order valence-corrected chi connectivity index (χ0v) is 16.8. The summed E-state index contributed by atoms with van der Waals surface area (Å²) in [5.74, 6) is 0.825. The molecule has 0 unspecified atom stereocenters. The molecule has 31 heavy (non-hydrogen) atoms. The highest BCUT2D eigenvalue weighted by Crippen LogP contribution is 2.31. The molecule has 0 spiro atoms. The maximum atomic E-state index is 13.0. The van der Waals surface area contributed by atoms with Gasteiger partial charge >= 0.3 is 6.18 Å². The van der Waals surface area contributed by atoms with Crippen molar-refractivity contribution in [1.29, 1.82) is 0 Å². The van der Waals surface area contributed by atoms with E-state index in [2.05, 4.69) is 15.4 Å². The summed E-state index contributed by atoms with van der Waals surface area (Å²) >= 11 is 0. The van der Waals surface area contributed by atoms with Crippen LogP contribution in [0.5, 0.6) is 5.88 Å². The van der Waals surface area contributed by atoms with Crippen molar-refractivity contribution >= 4 is 5.91 Å². The van der Waals surface area contributed by atoms with Crippen LogP contribution >= 0.6 is 0 Å². The van der Waals surface area contributed by atoms with Gasteiger partial charge in [-0.15, -0.1) is 0 Å². The normalized spacial score (nSPS) is 13.8. The standard InChI is InChI=1S/C22H21F3N4O2/c1-14-19(12-28-29(14)18-4-2-3-17(9-18)22(23,24)25)21(30)27-11-16-7-8-20(26-10-16)31-13-15-5-6-15/h2-4,7-10,12,15H,5-6,11,13H2,1H3,(H,27,30). The van der Waals surface area contributed by atoms with Crippen LogP contribution in [0.15, 0.2) is 48.8 Å². The zero-order chi connectivity index (χ0) is 22.0. The Morgan fingerprint density at radius 3 is 2.71 bits per heavy atom. The lowest BCUT2D eigenvalue weighted by molar-refractivity contribution is -0.137. The largest absolute Gasteiger partial charge is 0.477 e. The van der Waals surface area contributed by atoms with E-state index >= 15 is 0 Å². The van der Waals surface area contributed by atoms with Gasteiger partial charge in [0, 0.05) is 18.8 Å². The van der Waals surface area contributed by atoms with E-state index in [9.17, 15) is 18.0 Å². The Balaban J connectivity index is 1.40. The van der Waals surface area contributed by atoms with Crippen molar-refractivity contribution in [2.24, 2.45) is 5.92 Å². The number of alkyl halides is 3. The van der Waals surface area contributed by atoms with E-state index < -0.39 is 11.7 Å². The number of hydrogen-bond donors (Lipinski definition) is 1. The minimum Gasteiger partial charge on any atom is -0.477 e. The Bertz CT molecular complexity index is 1070. The van der Waals surface area contributed by atoms with Crippen molar-refractivity contribution in [3.63, 3.8) is 0 Å². The number of benzene rings is 1. The highest BCUT2D eigenvalue weighted by molar-refractivity contribution is 5.95. The van der Waals surface area contributed by atoms with E-state index in [1.807, 2.05) is 6.07 Å². The molecular formula is C22H21F3N4O2. The number of hydrogen-bond acceptors (Lipinski definition) is 4. The summed E-state index contributed by atoms with van der Waals surface area (Å²) in [6.07, 6.45) is 0.935. The van der Waals surface area contributed by atoms with Gasteiger partial charge in [0.2, 0.25) is 5.88 Å². The molecule has 0 saturated heterocycles. The molecular weight excluding hydrogens is 409 g/mol. The second-order valence-corrected chi connectivity index (χ2v) is 7.55. The number of halogens is 3. The summed E-state index contributed by atoms with van der Waals surface area (Å²) in [5.41, 5.74) is 0.990. The molecule has 0 aliphatic heterocycles. The van der Waals surface area contributed by atoms with Crippen LogP contribution in [0, 0.1) is 12.8 Å². The van der Waals surface area contributed by atoms with E-state index in [1.54, 1.807) is 19.2 Å². The maximum Gasteiger partial charge on any atom is 0.416 e. The van der Waals surface area contributed by atoms with Crippen LogP contribution in [-0.4, -0.2) is 27.3 Å². The number of ether oxygens (including phenoxy) is 1. The van der Waals surface area contributed by atoms with E-state index in [-0.39, 0.29) is 23.7 Å². The van der Waals surface area contributed by atoms with Gasteiger partial charge in [-0.05, 0) is 49.4 Å². The van der Waals surface area contributed by atoms with E-state index in [1.165, 1.54) is 35.9 Å². The molecule has 6 nitrogen and oxygen atoms in total. The summed E-state index contributed by atoms with van der Waals surface area (Å²) in [6.45, 7) is 2.57. The molecule has 1 fully saturated rings. The first-order valence-corrected chi connectivity index (χ1v) is 9.89. The first-order valence-electron chi connectivity index (χ1n) is 9.89. The van der Waals surface area contributed by atoms with Crippen molar-refractivity contribution in [3.05, 3.63) is 71.2 Å². The van der Waals surface area contributed by atoms with E-state index in [0.29, 0.717) is 24.1 Å². The molecule has 3 aromatic rings. The van der Waals surface area contributed by atoms with Gasteiger partial charge in [-0.1, -0.05) is 12.1 Å². The lowest BCUT2D eigenvalue weighted by Crippen LogP contribution is -2.23. The van der Waals surface area contributed by atoms with Crippen LogP contribution in [0.1, 0.15) is 40.0 Å². The monoisotopic (exact) mass is 430 g/mol. The number of nitrogens with one attached hydrogen (secondary N) is 1. The van der Waals surface area contributed by atoms with Crippen molar-refractivity contribution in [3.8, 4) is 11.6 Å². The molecule has 162 valence electrons. The number of pyridine rings is 1. The molecule has 4 rings (SSSR count). The molecule has 0 radical (unpaired) electrons. The minimum atomic E-state index is -4.45. The van der Waals surface area contributed by atoms with Crippen LogP contribution in [0.2, 0.25) is 0 Å². The highest BCUT2D eigenvalue weighted by atomic mass is 19.4. The number of carbonyl (C=O) groups is 1.